The minimum Gasteiger partial charge on any atom is -0.351 e. The Kier molecular flexibility index (Phi) is 2.56. The smallest absolute Gasteiger partial charge is 0.296 e. The summed E-state index contributed by atoms with van der Waals surface area (Å²) in [5, 5.41) is 6.73. The van der Waals surface area contributed by atoms with Crippen molar-refractivity contribution in [3.8, 4) is 0 Å². The van der Waals surface area contributed by atoms with Crippen LogP contribution in [0, 0.1) is 6.92 Å². The molecule has 0 fully saturated rings. The Labute approximate surface area is 106 Å². The van der Waals surface area contributed by atoms with Crippen LogP contribution in [0.15, 0.2) is 35.0 Å². The van der Waals surface area contributed by atoms with Gasteiger partial charge >= 0.3 is 0 Å². The van der Waals surface area contributed by atoms with Gasteiger partial charge in [-0.2, -0.15) is 0 Å². The summed E-state index contributed by atoms with van der Waals surface area (Å²) in [5.41, 5.74) is 2.04. The number of rotatable bonds is 2. The standard InChI is InChI=1S/C12H9N3O2S/c1-7-2-3-8-10(6-7)18-12(14-8)15-11(16)9-4-5-13-17-9/h2-6H,1H3,(H,14,15,16). The average molecular weight is 259 g/mol. The molecular weight excluding hydrogens is 250 g/mol. The third-order valence-corrected chi connectivity index (χ3v) is 3.36. The van der Waals surface area contributed by atoms with E-state index in [1.165, 1.54) is 29.2 Å². The van der Waals surface area contributed by atoms with Crippen molar-refractivity contribution in [1.29, 1.82) is 0 Å². The number of nitrogens with zero attached hydrogens (tertiary/aromatic N) is 2. The Morgan fingerprint density at radius 2 is 2.28 bits per heavy atom. The maximum absolute atomic E-state index is 11.7. The van der Waals surface area contributed by atoms with Crippen LogP contribution in [-0.2, 0) is 0 Å². The lowest BCUT2D eigenvalue weighted by Gasteiger charge is -1.95. The molecule has 5 nitrogen and oxygen atoms in total. The molecule has 0 aliphatic carbocycles. The van der Waals surface area contributed by atoms with Crippen molar-refractivity contribution in [2.24, 2.45) is 0 Å². The second-order valence-electron chi connectivity index (χ2n) is 3.82. The van der Waals surface area contributed by atoms with Crippen LogP contribution in [0.25, 0.3) is 10.2 Å². The fourth-order valence-corrected chi connectivity index (χ4v) is 2.54. The zero-order valence-corrected chi connectivity index (χ0v) is 10.3. The molecule has 0 saturated heterocycles. The first-order valence-electron chi connectivity index (χ1n) is 5.31. The first-order chi connectivity index (χ1) is 8.72. The van der Waals surface area contributed by atoms with Crippen LogP contribution in [-0.4, -0.2) is 16.0 Å². The lowest BCUT2D eigenvalue weighted by molar-refractivity contribution is 0.0988. The van der Waals surface area contributed by atoms with Crippen LogP contribution < -0.4 is 5.32 Å². The SMILES string of the molecule is Cc1ccc2nc(NC(=O)c3ccno3)sc2c1. The van der Waals surface area contributed by atoms with Crippen molar-refractivity contribution in [2.75, 3.05) is 5.32 Å². The van der Waals surface area contributed by atoms with Crippen LogP contribution in [0.4, 0.5) is 5.13 Å². The second-order valence-corrected chi connectivity index (χ2v) is 4.85. The maximum atomic E-state index is 11.7. The minimum absolute atomic E-state index is 0.172. The van der Waals surface area contributed by atoms with E-state index in [-0.39, 0.29) is 11.7 Å². The summed E-state index contributed by atoms with van der Waals surface area (Å²) < 4.78 is 5.82. The third-order valence-electron chi connectivity index (χ3n) is 2.43. The molecule has 0 spiro atoms. The molecule has 1 aromatic carbocycles. The largest absolute Gasteiger partial charge is 0.351 e. The predicted molar refractivity (Wildman–Crippen MR) is 68.8 cm³/mol. The molecule has 90 valence electrons. The van der Waals surface area contributed by atoms with Gasteiger partial charge in [0.05, 0.1) is 16.4 Å². The van der Waals surface area contributed by atoms with Gasteiger partial charge in [0.15, 0.2) is 5.13 Å². The minimum atomic E-state index is -0.344. The monoisotopic (exact) mass is 259 g/mol. The molecule has 0 aliphatic heterocycles. The van der Waals surface area contributed by atoms with Gasteiger partial charge in [-0.15, -0.1) is 0 Å². The number of aryl methyl sites for hydroxylation is 1. The summed E-state index contributed by atoms with van der Waals surface area (Å²) in [5.74, 6) is -0.172. The number of hydrogen-bond donors (Lipinski definition) is 1. The molecule has 2 heterocycles. The Balaban J connectivity index is 1.89. The van der Waals surface area contributed by atoms with E-state index in [9.17, 15) is 4.79 Å². The van der Waals surface area contributed by atoms with Gasteiger partial charge in [-0.1, -0.05) is 22.6 Å². The molecule has 18 heavy (non-hydrogen) atoms. The predicted octanol–water partition coefficient (Wildman–Crippen LogP) is 2.85. The fourth-order valence-electron chi connectivity index (χ4n) is 1.58. The summed E-state index contributed by atoms with van der Waals surface area (Å²) in [7, 11) is 0. The summed E-state index contributed by atoms with van der Waals surface area (Å²) in [6, 6.07) is 7.47. The van der Waals surface area contributed by atoms with E-state index in [1.54, 1.807) is 0 Å². The highest BCUT2D eigenvalue weighted by molar-refractivity contribution is 7.22. The highest BCUT2D eigenvalue weighted by Gasteiger charge is 2.12. The van der Waals surface area contributed by atoms with E-state index < -0.39 is 0 Å². The highest BCUT2D eigenvalue weighted by atomic mass is 32.1. The fraction of sp³-hybridized carbons (Fsp3) is 0.0833. The van der Waals surface area contributed by atoms with E-state index >= 15 is 0 Å². The van der Waals surface area contributed by atoms with Crippen molar-refractivity contribution < 1.29 is 9.32 Å². The number of amides is 1. The number of hydrogen-bond acceptors (Lipinski definition) is 5. The molecule has 1 amide bonds. The molecular formula is C12H9N3O2S. The number of thiazole rings is 1. The molecule has 2 aromatic heterocycles. The normalized spacial score (nSPS) is 10.7. The molecule has 0 unspecified atom stereocenters. The van der Waals surface area contributed by atoms with Crippen LogP contribution in [0.2, 0.25) is 0 Å². The van der Waals surface area contributed by atoms with Crippen LogP contribution >= 0.6 is 11.3 Å². The van der Waals surface area contributed by atoms with Crippen LogP contribution in [0.3, 0.4) is 0 Å². The van der Waals surface area contributed by atoms with Crippen molar-refractivity contribution in [3.63, 3.8) is 0 Å². The second kappa shape index (κ2) is 4.23. The lowest BCUT2D eigenvalue weighted by Crippen LogP contribution is -2.10. The van der Waals surface area contributed by atoms with E-state index in [2.05, 4.69) is 15.5 Å². The number of nitrogens with one attached hydrogen (secondary N) is 1. The molecule has 0 bridgehead atoms. The van der Waals surface area contributed by atoms with Crippen molar-refractivity contribution in [2.45, 2.75) is 6.92 Å². The van der Waals surface area contributed by atoms with Gasteiger partial charge in [-0.05, 0) is 24.6 Å². The molecule has 0 radical (unpaired) electrons. The Hall–Kier alpha value is -2.21. The molecule has 0 atom stereocenters. The van der Waals surface area contributed by atoms with Crippen molar-refractivity contribution in [1.82, 2.24) is 10.1 Å². The van der Waals surface area contributed by atoms with E-state index in [0.29, 0.717) is 5.13 Å². The van der Waals surface area contributed by atoms with Crippen molar-refractivity contribution in [3.05, 3.63) is 41.8 Å². The van der Waals surface area contributed by atoms with Gasteiger partial charge in [-0.25, -0.2) is 4.98 Å². The Bertz CT molecular complexity index is 703. The average Bonchev–Trinajstić information content (AvgIpc) is 2.95. The van der Waals surface area contributed by atoms with E-state index in [0.717, 1.165) is 10.2 Å². The molecule has 0 saturated carbocycles. The topological polar surface area (TPSA) is 68.0 Å². The summed E-state index contributed by atoms with van der Waals surface area (Å²) in [4.78, 5) is 16.1. The van der Waals surface area contributed by atoms with Crippen molar-refractivity contribution >= 4 is 32.6 Å². The first kappa shape index (κ1) is 10.9. The van der Waals surface area contributed by atoms with Gasteiger partial charge in [-0.3, -0.25) is 10.1 Å². The number of fused-ring (bicyclic) bond motifs is 1. The molecule has 0 aliphatic rings. The first-order valence-corrected chi connectivity index (χ1v) is 6.13. The Morgan fingerprint density at radius 3 is 3.06 bits per heavy atom. The zero-order chi connectivity index (χ0) is 12.5. The molecule has 3 aromatic rings. The number of benzene rings is 1. The quantitative estimate of drug-likeness (QED) is 0.768. The molecule has 3 rings (SSSR count). The summed E-state index contributed by atoms with van der Waals surface area (Å²) in [6.07, 6.45) is 1.43. The van der Waals surface area contributed by atoms with Crippen LogP contribution in [0.5, 0.6) is 0 Å². The number of anilines is 1. The van der Waals surface area contributed by atoms with Gasteiger partial charge in [0.25, 0.3) is 5.91 Å². The van der Waals surface area contributed by atoms with Gasteiger partial charge in [0, 0.05) is 6.07 Å². The lowest BCUT2D eigenvalue weighted by atomic mass is 10.2. The van der Waals surface area contributed by atoms with Gasteiger partial charge < -0.3 is 4.52 Å². The number of aromatic nitrogens is 2. The number of carbonyl (C=O) groups excluding carboxylic acids is 1. The molecule has 6 heteroatoms. The van der Waals surface area contributed by atoms with Gasteiger partial charge in [0.2, 0.25) is 5.76 Å². The summed E-state index contributed by atoms with van der Waals surface area (Å²) >= 11 is 1.43. The van der Waals surface area contributed by atoms with Crippen LogP contribution in [0.1, 0.15) is 16.1 Å². The maximum Gasteiger partial charge on any atom is 0.296 e. The summed E-state index contributed by atoms with van der Waals surface area (Å²) in [6.45, 7) is 2.02. The van der Waals surface area contributed by atoms with Gasteiger partial charge in [0.1, 0.15) is 0 Å². The highest BCUT2D eigenvalue weighted by Crippen LogP contribution is 2.26. The number of carbonyl (C=O) groups is 1. The zero-order valence-electron chi connectivity index (χ0n) is 9.51. The molecule has 1 N–H and O–H groups in total. The third kappa shape index (κ3) is 1.98. The Morgan fingerprint density at radius 1 is 1.39 bits per heavy atom. The van der Waals surface area contributed by atoms with E-state index in [1.807, 2.05) is 25.1 Å². The van der Waals surface area contributed by atoms with E-state index in [4.69, 9.17) is 4.52 Å².